The summed E-state index contributed by atoms with van der Waals surface area (Å²) in [7, 11) is -3.55. The van der Waals surface area contributed by atoms with Crippen molar-refractivity contribution in [3.63, 3.8) is 0 Å². The van der Waals surface area contributed by atoms with Crippen LogP contribution in [0.3, 0.4) is 0 Å². The second-order valence-corrected chi connectivity index (χ2v) is 8.43. The minimum Gasteiger partial charge on any atom is -0.310 e. The third-order valence-electron chi connectivity index (χ3n) is 4.12. The molecule has 0 radical (unpaired) electrons. The average Bonchev–Trinajstić information content (AvgIpc) is 2.76. The lowest BCUT2D eigenvalue weighted by molar-refractivity contribution is 0.383. The molecule has 0 saturated carbocycles. The minimum atomic E-state index is -3.55. The van der Waals surface area contributed by atoms with Gasteiger partial charge in [0.2, 0.25) is 10.0 Å². The monoisotopic (exact) mass is 405 g/mol. The Balaban J connectivity index is 0.00000176. The van der Waals surface area contributed by atoms with E-state index < -0.39 is 10.0 Å². The zero-order valence-electron chi connectivity index (χ0n) is 11.8. The number of rotatable bonds is 2. The molecule has 2 saturated heterocycles. The summed E-state index contributed by atoms with van der Waals surface area (Å²) in [5.74, 6) is 0. The Morgan fingerprint density at radius 1 is 1.23 bits per heavy atom. The number of nitrogens with zero attached hydrogens (tertiary/aromatic N) is 2. The first-order chi connectivity index (χ1) is 9.99. The third-order valence-corrected chi connectivity index (χ3v) is 6.42. The molecule has 1 aromatic carbocycles. The van der Waals surface area contributed by atoms with Gasteiger partial charge in [-0.25, -0.2) is 8.42 Å². The SMILES string of the molecule is Cl.N#Cc1cc(Br)cc(S(=O)(=O)N2CCC3CCC(C2)N3)c1. The van der Waals surface area contributed by atoms with E-state index in [9.17, 15) is 8.42 Å². The predicted molar refractivity (Wildman–Crippen MR) is 89.4 cm³/mol. The van der Waals surface area contributed by atoms with E-state index in [0.29, 0.717) is 29.2 Å². The third kappa shape index (κ3) is 3.47. The largest absolute Gasteiger partial charge is 0.310 e. The van der Waals surface area contributed by atoms with Crippen molar-refractivity contribution in [1.29, 1.82) is 5.26 Å². The number of fused-ring (bicyclic) bond motifs is 2. The van der Waals surface area contributed by atoms with Crippen LogP contribution in [0.1, 0.15) is 24.8 Å². The van der Waals surface area contributed by atoms with Gasteiger partial charge in [-0.3, -0.25) is 0 Å². The fourth-order valence-corrected chi connectivity index (χ4v) is 5.27. The van der Waals surface area contributed by atoms with Crippen LogP contribution in [-0.4, -0.2) is 37.9 Å². The maximum atomic E-state index is 12.8. The topological polar surface area (TPSA) is 73.2 Å². The molecule has 2 unspecified atom stereocenters. The highest BCUT2D eigenvalue weighted by atomic mass is 79.9. The predicted octanol–water partition coefficient (Wildman–Crippen LogP) is 2.26. The summed E-state index contributed by atoms with van der Waals surface area (Å²) in [5.41, 5.74) is 0.345. The number of nitrogens with one attached hydrogen (secondary N) is 1. The second kappa shape index (κ2) is 6.85. The number of benzene rings is 1. The maximum Gasteiger partial charge on any atom is 0.243 e. The number of sulfonamides is 1. The van der Waals surface area contributed by atoms with Crippen molar-refractivity contribution in [3.05, 3.63) is 28.2 Å². The van der Waals surface area contributed by atoms with Gasteiger partial charge in [0.15, 0.2) is 0 Å². The number of halogens is 2. The molecule has 22 heavy (non-hydrogen) atoms. The van der Waals surface area contributed by atoms with E-state index in [1.54, 1.807) is 16.4 Å². The molecule has 2 fully saturated rings. The van der Waals surface area contributed by atoms with Crippen molar-refractivity contribution in [3.8, 4) is 6.07 Å². The van der Waals surface area contributed by atoms with Gasteiger partial charge in [-0.05, 0) is 37.5 Å². The summed E-state index contributed by atoms with van der Waals surface area (Å²) in [6.07, 6.45) is 3.00. The maximum absolute atomic E-state index is 12.8. The molecule has 2 aliphatic rings. The fourth-order valence-electron chi connectivity index (χ4n) is 3.05. The smallest absolute Gasteiger partial charge is 0.243 e. The van der Waals surface area contributed by atoms with Gasteiger partial charge in [-0.1, -0.05) is 15.9 Å². The Morgan fingerprint density at radius 3 is 2.68 bits per heavy atom. The van der Waals surface area contributed by atoms with Crippen LogP contribution in [0.15, 0.2) is 27.6 Å². The molecule has 3 rings (SSSR count). The lowest BCUT2D eigenvalue weighted by Crippen LogP contribution is -2.39. The van der Waals surface area contributed by atoms with Crippen LogP contribution in [0.4, 0.5) is 0 Å². The molecule has 2 bridgehead atoms. The molecule has 0 amide bonds. The Bertz CT molecular complexity index is 705. The number of hydrogen-bond donors (Lipinski definition) is 1. The summed E-state index contributed by atoms with van der Waals surface area (Å²) in [5, 5.41) is 12.5. The van der Waals surface area contributed by atoms with Gasteiger partial charge in [0.1, 0.15) is 0 Å². The summed E-state index contributed by atoms with van der Waals surface area (Å²) >= 11 is 3.27. The normalized spacial score (nSPS) is 25.1. The van der Waals surface area contributed by atoms with Crippen LogP contribution in [0.25, 0.3) is 0 Å². The van der Waals surface area contributed by atoms with Gasteiger partial charge >= 0.3 is 0 Å². The van der Waals surface area contributed by atoms with Crippen molar-refractivity contribution in [1.82, 2.24) is 9.62 Å². The Morgan fingerprint density at radius 2 is 1.95 bits per heavy atom. The summed E-state index contributed by atoms with van der Waals surface area (Å²) in [6.45, 7) is 1.04. The van der Waals surface area contributed by atoms with E-state index in [2.05, 4.69) is 21.2 Å². The van der Waals surface area contributed by atoms with E-state index in [-0.39, 0.29) is 23.3 Å². The van der Waals surface area contributed by atoms with Crippen LogP contribution in [0.5, 0.6) is 0 Å². The molecule has 0 spiro atoms. The second-order valence-electron chi connectivity index (χ2n) is 5.58. The standard InChI is InChI=1S/C14H16BrN3O2S.ClH/c15-11-5-10(8-16)6-14(7-11)21(19,20)18-4-3-12-1-2-13(9-18)17-12;/h5-7,12-13,17H,1-4,9H2;1H. The molecule has 2 aliphatic heterocycles. The molecule has 2 atom stereocenters. The molecular formula is C14H17BrClN3O2S. The summed E-state index contributed by atoms with van der Waals surface area (Å²) in [6, 6.07) is 7.30. The lowest BCUT2D eigenvalue weighted by atomic mass is 10.1. The fraction of sp³-hybridized carbons (Fsp3) is 0.500. The molecular weight excluding hydrogens is 390 g/mol. The van der Waals surface area contributed by atoms with Gasteiger partial charge in [-0.2, -0.15) is 9.57 Å². The Kier molecular flexibility index (Phi) is 5.51. The lowest BCUT2D eigenvalue weighted by Gasteiger charge is -2.23. The number of hydrogen-bond acceptors (Lipinski definition) is 4. The molecule has 120 valence electrons. The Hall–Kier alpha value is -0.650. The van der Waals surface area contributed by atoms with Crippen LogP contribution in [0, 0.1) is 11.3 Å². The van der Waals surface area contributed by atoms with Crippen molar-refractivity contribution < 1.29 is 8.42 Å². The van der Waals surface area contributed by atoms with Crippen LogP contribution >= 0.6 is 28.3 Å². The highest BCUT2D eigenvalue weighted by Gasteiger charge is 2.35. The van der Waals surface area contributed by atoms with E-state index in [0.717, 1.165) is 19.3 Å². The molecule has 0 aromatic heterocycles. The van der Waals surface area contributed by atoms with Crippen LogP contribution < -0.4 is 5.32 Å². The summed E-state index contributed by atoms with van der Waals surface area (Å²) in [4.78, 5) is 0.186. The van der Waals surface area contributed by atoms with E-state index in [4.69, 9.17) is 5.26 Å². The minimum absolute atomic E-state index is 0. The van der Waals surface area contributed by atoms with E-state index in [1.807, 2.05) is 6.07 Å². The van der Waals surface area contributed by atoms with Crippen molar-refractivity contribution >= 4 is 38.4 Å². The quantitative estimate of drug-likeness (QED) is 0.817. The first kappa shape index (κ1) is 17.7. The molecule has 1 aromatic rings. The van der Waals surface area contributed by atoms with Crippen molar-refractivity contribution in [2.75, 3.05) is 13.1 Å². The van der Waals surface area contributed by atoms with Crippen molar-refractivity contribution in [2.45, 2.75) is 36.2 Å². The van der Waals surface area contributed by atoms with Gasteiger partial charge in [-0.15, -0.1) is 12.4 Å². The van der Waals surface area contributed by atoms with E-state index in [1.165, 1.54) is 6.07 Å². The zero-order chi connectivity index (χ0) is 15.0. The molecule has 2 heterocycles. The van der Waals surface area contributed by atoms with Gasteiger partial charge in [0.25, 0.3) is 0 Å². The van der Waals surface area contributed by atoms with Gasteiger partial charge in [0, 0.05) is 29.6 Å². The Labute approximate surface area is 145 Å². The van der Waals surface area contributed by atoms with Crippen molar-refractivity contribution in [2.24, 2.45) is 0 Å². The zero-order valence-corrected chi connectivity index (χ0v) is 15.0. The summed E-state index contributed by atoms with van der Waals surface area (Å²) < 4.78 is 27.8. The highest BCUT2D eigenvalue weighted by molar-refractivity contribution is 9.10. The number of nitriles is 1. The van der Waals surface area contributed by atoms with Gasteiger partial charge in [0.05, 0.1) is 16.5 Å². The molecule has 0 aliphatic carbocycles. The molecule has 8 heteroatoms. The molecule has 1 N–H and O–H groups in total. The van der Waals surface area contributed by atoms with E-state index >= 15 is 0 Å². The first-order valence-electron chi connectivity index (χ1n) is 6.96. The van der Waals surface area contributed by atoms with Crippen LogP contribution in [0.2, 0.25) is 0 Å². The van der Waals surface area contributed by atoms with Crippen LogP contribution in [-0.2, 0) is 10.0 Å². The van der Waals surface area contributed by atoms with Gasteiger partial charge < -0.3 is 5.32 Å². The average molecular weight is 407 g/mol. The first-order valence-corrected chi connectivity index (χ1v) is 9.19. The molecule has 5 nitrogen and oxygen atoms in total. The highest BCUT2D eigenvalue weighted by Crippen LogP contribution is 2.27.